The molecule has 28 heavy (non-hydrogen) atoms. The molecule has 3 heterocycles. The van der Waals surface area contributed by atoms with Crippen LogP contribution in [0, 0.1) is 16.7 Å². The smallest absolute Gasteiger partial charge is 0.240 e. The van der Waals surface area contributed by atoms with Crippen molar-refractivity contribution in [3.8, 4) is 17.3 Å². The van der Waals surface area contributed by atoms with Gasteiger partial charge in [0.15, 0.2) is 0 Å². The van der Waals surface area contributed by atoms with Crippen LogP contribution in [-0.2, 0) is 9.53 Å². The van der Waals surface area contributed by atoms with Gasteiger partial charge in [-0.25, -0.2) is 9.97 Å². The Labute approximate surface area is 164 Å². The molecule has 1 atom stereocenters. The van der Waals surface area contributed by atoms with Crippen molar-refractivity contribution in [1.29, 1.82) is 5.26 Å². The Morgan fingerprint density at radius 1 is 1.25 bits per heavy atom. The van der Waals surface area contributed by atoms with Crippen LogP contribution >= 0.6 is 0 Å². The zero-order chi connectivity index (χ0) is 19.4. The van der Waals surface area contributed by atoms with E-state index >= 15 is 0 Å². The summed E-state index contributed by atoms with van der Waals surface area (Å²) in [7, 11) is 0. The predicted molar refractivity (Wildman–Crippen MR) is 104 cm³/mol. The number of rotatable bonds is 4. The van der Waals surface area contributed by atoms with Gasteiger partial charge in [0, 0.05) is 44.1 Å². The van der Waals surface area contributed by atoms with E-state index in [1.807, 2.05) is 36.4 Å². The Morgan fingerprint density at radius 2 is 2.04 bits per heavy atom. The fourth-order valence-electron chi connectivity index (χ4n) is 3.76. The maximum absolute atomic E-state index is 12.8. The number of carbonyl (C=O) groups excluding carboxylic acids is 1. The van der Waals surface area contributed by atoms with E-state index in [0.29, 0.717) is 38.5 Å². The second kappa shape index (κ2) is 7.95. The predicted octanol–water partition coefficient (Wildman–Crippen LogP) is 2.16. The molecular formula is C21H23N5O2. The Balaban J connectivity index is 1.42. The summed E-state index contributed by atoms with van der Waals surface area (Å²) >= 11 is 0. The Kier molecular flexibility index (Phi) is 5.22. The van der Waals surface area contributed by atoms with Crippen LogP contribution in [0.4, 0.5) is 5.95 Å². The molecule has 1 N–H and O–H groups in total. The van der Waals surface area contributed by atoms with Gasteiger partial charge in [-0.2, -0.15) is 5.26 Å². The molecule has 1 aromatic heterocycles. The molecule has 0 spiro atoms. The number of nitrogens with one attached hydrogen (secondary N) is 1. The summed E-state index contributed by atoms with van der Waals surface area (Å²) in [5.74, 6) is 0.489. The van der Waals surface area contributed by atoms with Crippen molar-refractivity contribution in [3.05, 3.63) is 42.6 Å². The Hall–Kier alpha value is -2.98. The van der Waals surface area contributed by atoms with Gasteiger partial charge in [-0.05, 0) is 25.3 Å². The summed E-state index contributed by atoms with van der Waals surface area (Å²) in [6.07, 6.45) is 3.48. The first-order valence-electron chi connectivity index (χ1n) is 9.64. The second-order valence-electron chi connectivity index (χ2n) is 7.32. The molecule has 2 aliphatic rings. The molecule has 2 saturated heterocycles. The zero-order valence-corrected chi connectivity index (χ0v) is 15.7. The number of aromatic nitrogens is 2. The average Bonchev–Trinajstić information content (AvgIpc) is 3.23. The molecule has 0 saturated carbocycles. The molecule has 4 rings (SSSR count). The average molecular weight is 377 g/mol. The van der Waals surface area contributed by atoms with Crippen LogP contribution < -0.4 is 10.2 Å². The van der Waals surface area contributed by atoms with Crippen LogP contribution in [0.2, 0.25) is 0 Å². The van der Waals surface area contributed by atoms with Gasteiger partial charge in [-0.1, -0.05) is 30.3 Å². The Morgan fingerprint density at radius 3 is 2.79 bits per heavy atom. The highest BCUT2D eigenvalue weighted by atomic mass is 16.5. The van der Waals surface area contributed by atoms with Crippen molar-refractivity contribution in [3.63, 3.8) is 0 Å². The maximum atomic E-state index is 12.8. The standard InChI is InChI=1S/C21H23N5O2/c22-15-21(8-12-28-13-9-21)19(27)24-17-7-11-26(14-17)20-23-10-6-18(25-20)16-4-2-1-3-5-16/h1-6,10,17H,7-9,11-14H2,(H,24,27). The van der Waals surface area contributed by atoms with Crippen molar-refractivity contribution in [2.45, 2.75) is 25.3 Å². The number of anilines is 1. The fourth-order valence-corrected chi connectivity index (χ4v) is 3.76. The quantitative estimate of drug-likeness (QED) is 0.878. The minimum absolute atomic E-state index is 0.00967. The third kappa shape index (κ3) is 3.69. The first-order valence-corrected chi connectivity index (χ1v) is 9.64. The lowest BCUT2D eigenvalue weighted by Gasteiger charge is -2.30. The van der Waals surface area contributed by atoms with E-state index in [0.717, 1.165) is 24.2 Å². The first-order chi connectivity index (χ1) is 13.7. The lowest BCUT2D eigenvalue weighted by molar-refractivity contribution is -0.133. The van der Waals surface area contributed by atoms with Crippen LogP contribution in [0.1, 0.15) is 19.3 Å². The molecule has 0 radical (unpaired) electrons. The molecule has 0 bridgehead atoms. The van der Waals surface area contributed by atoms with Crippen LogP contribution in [-0.4, -0.2) is 48.2 Å². The molecule has 2 fully saturated rings. The van der Waals surface area contributed by atoms with Crippen molar-refractivity contribution >= 4 is 11.9 Å². The molecule has 1 aromatic carbocycles. The molecule has 1 unspecified atom stereocenters. The van der Waals surface area contributed by atoms with Crippen molar-refractivity contribution < 1.29 is 9.53 Å². The minimum Gasteiger partial charge on any atom is -0.381 e. The van der Waals surface area contributed by atoms with E-state index in [9.17, 15) is 10.1 Å². The van der Waals surface area contributed by atoms with Crippen LogP contribution in [0.15, 0.2) is 42.6 Å². The highest BCUT2D eigenvalue weighted by molar-refractivity contribution is 5.85. The third-order valence-electron chi connectivity index (χ3n) is 5.51. The molecular weight excluding hydrogens is 354 g/mol. The number of hydrogen-bond donors (Lipinski definition) is 1. The van der Waals surface area contributed by atoms with Crippen LogP contribution in [0.3, 0.4) is 0 Å². The molecule has 0 aliphatic carbocycles. The topological polar surface area (TPSA) is 91.1 Å². The summed E-state index contributed by atoms with van der Waals surface area (Å²) in [4.78, 5) is 23.9. The monoisotopic (exact) mass is 377 g/mol. The van der Waals surface area contributed by atoms with Gasteiger partial charge in [0.2, 0.25) is 11.9 Å². The summed E-state index contributed by atoms with van der Waals surface area (Å²) in [5, 5.41) is 12.6. The van der Waals surface area contributed by atoms with Gasteiger partial charge in [-0.15, -0.1) is 0 Å². The number of benzene rings is 1. The third-order valence-corrected chi connectivity index (χ3v) is 5.51. The van der Waals surface area contributed by atoms with E-state index < -0.39 is 5.41 Å². The van der Waals surface area contributed by atoms with Crippen molar-refractivity contribution in [1.82, 2.24) is 15.3 Å². The number of carbonyl (C=O) groups is 1. The van der Waals surface area contributed by atoms with E-state index in [-0.39, 0.29) is 11.9 Å². The zero-order valence-electron chi connectivity index (χ0n) is 15.7. The summed E-state index contributed by atoms with van der Waals surface area (Å²) in [6, 6.07) is 14.1. The van der Waals surface area contributed by atoms with Gasteiger partial charge in [0.25, 0.3) is 0 Å². The van der Waals surface area contributed by atoms with Gasteiger partial charge >= 0.3 is 0 Å². The van der Waals surface area contributed by atoms with Gasteiger partial charge in [0.05, 0.1) is 11.8 Å². The van der Waals surface area contributed by atoms with Gasteiger partial charge in [-0.3, -0.25) is 4.79 Å². The van der Waals surface area contributed by atoms with Crippen LogP contribution in [0.5, 0.6) is 0 Å². The van der Waals surface area contributed by atoms with Gasteiger partial charge < -0.3 is 15.0 Å². The normalized spacial score (nSPS) is 21.1. The van der Waals surface area contributed by atoms with Crippen molar-refractivity contribution in [2.24, 2.45) is 5.41 Å². The summed E-state index contributed by atoms with van der Waals surface area (Å²) in [6.45, 7) is 2.32. The lowest BCUT2D eigenvalue weighted by atomic mass is 9.80. The number of amides is 1. The first kappa shape index (κ1) is 18.4. The van der Waals surface area contributed by atoms with Gasteiger partial charge in [0.1, 0.15) is 5.41 Å². The van der Waals surface area contributed by atoms with E-state index in [1.165, 1.54) is 0 Å². The highest BCUT2D eigenvalue weighted by Crippen LogP contribution is 2.30. The molecule has 1 amide bonds. The van der Waals surface area contributed by atoms with E-state index in [1.54, 1.807) is 6.20 Å². The number of hydrogen-bond acceptors (Lipinski definition) is 6. The van der Waals surface area contributed by atoms with E-state index in [4.69, 9.17) is 9.72 Å². The molecule has 7 heteroatoms. The summed E-state index contributed by atoms with van der Waals surface area (Å²) in [5.41, 5.74) is 0.962. The molecule has 144 valence electrons. The fraction of sp³-hybridized carbons (Fsp3) is 0.429. The summed E-state index contributed by atoms with van der Waals surface area (Å²) < 4.78 is 5.31. The SMILES string of the molecule is N#CC1(C(=O)NC2CCN(c3nccc(-c4ccccc4)n3)C2)CCOCC1. The lowest BCUT2D eigenvalue weighted by Crippen LogP contribution is -2.48. The Bertz CT molecular complexity index is 874. The molecule has 7 nitrogen and oxygen atoms in total. The highest BCUT2D eigenvalue weighted by Gasteiger charge is 2.42. The largest absolute Gasteiger partial charge is 0.381 e. The number of ether oxygens (including phenoxy) is 1. The molecule has 2 aromatic rings. The maximum Gasteiger partial charge on any atom is 0.240 e. The minimum atomic E-state index is -0.963. The molecule has 2 aliphatic heterocycles. The van der Waals surface area contributed by atoms with Crippen LogP contribution in [0.25, 0.3) is 11.3 Å². The number of nitriles is 1. The number of nitrogens with zero attached hydrogens (tertiary/aromatic N) is 4. The second-order valence-corrected chi connectivity index (χ2v) is 7.32. The van der Waals surface area contributed by atoms with E-state index in [2.05, 4.69) is 21.3 Å². The van der Waals surface area contributed by atoms with Crippen molar-refractivity contribution in [2.75, 3.05) is 31.2 Å².